The lowest BCUT2D eigenvalue weighted by atomic mass is 9.67. The summed E-state index contributed by atoms with van der Waals surface area (Å²) in [5.74, 6) is 0. The molecule has 0 N–H and O–H groups in total. The van der Waals surface area contributed by atoms with E-state index < -0.39 is 0 Å². The van der Waals surface area contributed by atoms with Crippen molar-refractivity contribution >= 4 is 0 Å². The fraction of sp³-hybridized carbons (Fsp3) is 0.143. The van der Waals surface area contributed by atoms with Crippen molar-refractivity contribution in [3.05, 3.63) is 108 Å². The van der Waals surface area contributed by atoms with Crippen LogP contribution in [0.5, 0.6) is 0 Å². The third-order valence-electron chi connectivity index (χ3n) is 4.28. The summed E-state index contributed by atoms with van der Waals surface area (Å²) in [7, 11) is 0. The normalized spacial score (nSPS) is 11.3. The molecule has 0 saturated heterocycles. The van der Waals surface area contributed by atoms with Crippen molar-refractivity contribution in [1.82, 2.24) is 0 Å². The Labute approximate surface area is 131 Å². The van der Waals surface area contributed by atoms with Crippen molar-refractivity contribution in [1.29, 1.82) is 0 Å². The van der Waals surface area contributed by atoms with E-state index in [-0.39, 0.29) is 12.0 Å². The molecule has 0 fully saturated rings. The summed E-state index contributed by atoms with van der Waals surface area (Å²) < 4.78 is 0. The zero-order valence-electron chi connectivity index (χ0n) is 12.5. The first-order valence-corrected chi connectivity index (χ1v) is 7.62. The van der Waals surface area contributed by atoms with Crippen LogP contribution < -0.4 is 0 Å². The first-order chi connectivity index (χ1) is 10.9. The molecule has 0 aliphatic heterocycles. The van der Waals surface area contributed by atoms with Gasteiger partial charge in [0.1, 0.15) is 0 Å². The highest BCUT2D eigenvalue weighted by Crippen LogP contribution is 2.41. The fourth-order valence-corrected chi connectivity index (χ4v) is 3.25. The summed E-state index contributed by atoms with van der Waals surface area (Å²) in [6, 6.07) is 31.0. The van der Waals surface area contributed by atoms with Crippen LogP contribution in [0.25, 0.3) is 0 Å². The molecule has 0 aliphatic carbocycles. The highest BCUT2D eigenvalue weighted by molar-refractivity contribution is 5.50. The van der Waals surface area contributed by atoms with E-state index >= 15 is 0 Å². The standard InChI is InChI=1S/C21H19O/c22-17-16-21(18-10-4-1-5-11-18,19-12-6-2-7-13-19)20-14-8-3-9-15-20/h1-15H,16-17H2. The van der Waals surface area contributed by atoms with Crippen LogP contribution in [0.15, 0.2) is 91.0 Å². The minimum absolute atomic E-state index is 0.112. The predicted octanol–water partition coefficient (Wildman–Crippen LogP) is 4.84. The second kappa shape index (κ2) is 6.59. The van der Waals surface area contributed by atoms with Gasteiger partial charge in [-0.05, 0) is 23.1 Å². The molecule has 109 valence electrons. The quantitative estimate of drug-likeness (QED) is 0.598. The first kappa shape index (κ1) is 14.6. The molecule has 0 bridgehead atoms. The molecule has 0 aliphatic rings. The lowest BCUT2D eigenvalue weighted by Crippen LogP contribution is -2.30. The molecular weight excluding hydrogens is 268 g/mol. The van der Waals surface area contributed by atoms with Crippen molar-refractivity contribution < 1.29 is 5.11 Å². The molecule has 3 aromatic rings. The van der Waals surface area contributed by atoms with Crippen molar-refractivity contribution in [2.45, 2.75) is 11.8 Å². The summed E-state index contributed by atoms with van der Waals surface area (Å²) in [6.07, 6.45) is 0.547. The van der Waals surface area contributed by atoms with E-state index in [0.29, 0.717) is 6.42 Å². The maximum atomic E-state index is 11.7. The van der Waals surface area contributed by atoms with E-state index in [1.165, 1.54) is 16.7 Å². The summed E-state index contributed by atoms with van der Waals surface area (Å²) >= 11 is 0. The molecule has 1 radical (unpaired) electrons. The minimum Gasteiger partial charge on any atom is -0.237 e. The topological polar surface area (TPSA) is 19.9 Å². The van der Waals surface area contributed by atoms with E-state index in [2.05, 4.69) is 36.4 Å². The lowest BCUT2D eigenvalue weighted by molar-refractivity contribution is 0.175. The van der Waals surface area contributed by atoms with E-state index in [4.69, 9.17) is 0 Å². The van der Waals surface area contributed by atoms with Gasteiger partial charge in [-0.15, -0.1) is 0 Å². The molecule has 0 amide bonds. The van der Waals surface area contributed by atoms with Crippen LogP contribution in [0.3, 0.4) is 0 Å². The Bertz CT molecular complexity index is 593. The predicted molar refractivity (Wildman–Crippen MR) is 89.4 cm³/mol. The summed E-state index contributed by atoms with van der Waals surface area (Å²) in [5, 5.41) is 11.7. The van der Waals surface area contributed by atoms with Gasteiger partial charge in [0.05, 0.1) is 6.61 Å². The first-order valence-electron chi connectivity index (χ1n) is 7.62. The Morgan fingerprint density at radius 1 is 0.545 bits per heavy atom. The largest absolute Gasteiger partial charge is 0.237 e. The third kappa shape index (κ3) is 2.56. The van der Waals surface area contributed by atoms with Crippen LogP contribution in [0.2, 0.25) is 0 Å². The van der Waals surface area contributed by atoms with Crippen LogP contribution in [-0.4, -0.2) is 6.61 Å². The van der Waals surface area contributed by atoms with Gasteiger partial charge in [0.2, 0.25) is 0 Å². The van der Waals surface area contributed by atoms with Gasteiger partial charge in [-0.25, -0.2) is 5.11 Å². The van der Waals surface area contributed by atoms with Crippen LogP contribution in [0.4, 0.5) is 0 Å². The Morgan fingerprint density at radius 2 is 0.864 bits per heavy atom. The van der Waals surface area contributed by atoms with Gasteiger partial charge >= 0.3 is 0 Å². The highest BCUT2D eigenvalue weighted by Gasteiger charge is 2.35. The van der Waals surface area contributed by atoms with E-state index in [9.17, 15) is 5.11 Å². The monoisotopic (exact) mass is 287 g/mol. The van der Waals surface area contributed by atoms with Crippen LogP contribution in [0.1, 0.15) is 23.1 Å². The van der Waals surface area contributed by atoms with E-state index in [1.54, 1.807) is 0 Å². The lowest BCUT2D eigenvalue weighted by Gasteiger charge is -2.35. The zero-order valence-corrected chi connectivity index (χ0v) is 12.5. The Balaban J connectivity index is 2.29. The molecular formula is C21H19O. The fourth-order valence-electron chi connectivity index (χ4n) is 3.25. The van der Waals surface area contributed by atoms with Gasteiger partial charge < -0.3 is 0 Å². The Morgan fingerprint density at radius 3 is 1.14 bits per heavy atom. The number of hydrogen-bond donors (Lipinski definition) is 0. The number of rotatable bonds is 5. The molecule has 22 heavy (non-hydrogen) atoms. The van der Waals surface area contributed by atoms with Crippen LogP contribution in [-0.2, 0) is 10.5 Å². The maximum absolute atomic E-state index is 11.7. The molecule has 3 aromatic carbocycles. The zero-order chi connectivity index (χ0) is 15.3. The van der Waals surface area contributed by atoms with Gasteiger partial charge in [0.25, 0.3) is 0 Å². The maximum Gasteiger partial charge on any atom is 0.0837 e. The molecule has 0 aromatic heterocycles. The summed E-state index contributed by atoms with van der Waals surface area (Å²) in [5.41, 5.74) is 3.13. The minimum atomic E-state index is -0.383. The van der Waals surface area contributed by atoms with Gasteiger partial charge in [-0.1, -0.05) is 91.0 Å². The molecule has 0 atom stereocenters. The van der Waals surface area contributed by atoms with Crippen molar-refractivity contribution in [2.24, 2.45) is 0 Å². The van der Waals surface area contributed by atoms with Gasteiger partial charge in [-0.2, -0.15) is 0 Å². The van der Waals surface area contributed by atoms with Gasteiger partial charge in [0, 0.05) is 5.41 Å². The summed E-state index contributed by atoms with van der Waals surface area (Å²) in [6.45, 7) is -0.112. The van der Waals surface area contributed by atoms with Crippen molar-refractivity contribution in [3.8, 4) is 0 Å². The third-order valence-corrected chi connectivity index (χ3v) is 4.28. The van der Waals surface area contributed by atoms with Gasteiger partial charge in [0.15, 0.2) is 0 Å². The molecule has 3 rings (SSSR count). The molecule has 0 unspecified atom stereocenters. The second-order valence-electron chi connectivity index (χ2n) is 5.46. The van der Waals surface area contributed by atoms with Crippen molar-refractivity contribution in [3.63, 3.8) is 0 Å². The molecule has 0 saturated carbocycles. The molecule has 1 nitrogen and oxygen atoms in total. The van der Waals surface area contributed by atoms with Crippen molar-refractivity contribution in [2.75, 3.05) is 6.61 Å². The smallest absolute Gasteiger partial charge is 0.0837 e. The molecule has 0 spiro atoms. The highest BCUT2D eigenvalue weighted by atomic mass is 16.3. The van der Waals surface area contributed by atoms with Crippen LogP contribution in [0, 0.1) is 0 Å². The van der Waals surface area contributed by atoms with E-state index in [0.717, 1.165) is 0 Å². The Kier molecular flexibility index (Phi) is 4.36. The molecule has 1 heteroatoms. The Hall–Kier alpha value is -2.38. The molecule has 0 heterocycles. The average Bonchev–Trinajstić information content (AvgIpc) is 2.62. The van der Waals surface area contributed by atoms with Crippen LogP contribution >= 0.6 is 0 Å². The summed E-state index contributed by atoms with van der Waals surface area (Å²) in [4.78, 5) is 0. The average molecular weight is 287 g/mol. The number of benzene rings is 3. The number of hydrogen-bond acceptors (Lipinski definition) is 0. The second-order valence-corrected chi connectivity index (χ2v) is 5.46. The van der Waals surface area contributed by atoms with Gasteiger partial charge in [-0.3, -0.25) is 0 Å². The van der Waals surface area contributed by atoms with E-state index in [1.807, 2.05) is 54.6 Å². The SMILES string of the molecule is [O]CCC(c1ccccc1)(c1ccccc1)c1ccccc1.